The molecule has 0 aliphatic rings. The van der Waals surface area contributed by atoms with E-state index in [0.29, 0.717) is 11.4 Å². The van der Waals surface area contributed by atoms with Crippen molar-refractivity contribution in [1.29, 1.82) is 0 Å². The van der Waals surface area contributed by atoms with Crippen molar-refractivity contribution in [2.75, 3.05) is 0 Å². The van der Waals surface area contributed by atoms with Gasteiger partial charge in [0.2, 0.25) is 0 Å². The standard InChI is InChI=1S/C16H16N2O2/c1-4-12-9(2)16(19)18-15(17-12)14-10(3)20-13-8-6-5-7-11(13)14/h5-8H,4H2,1-3H3,(H,17,18,19). The number of furan rings is 1. The van der Waals surface area contributed by atoms with Crippen LogP contribution in [-0.4, -0.2) is 9.97 Å². The maximum Gasteiger partial charge on any atom is 0.254 e. The molecule has 0 radical (unpaired) electrons. The minimum Gasteiger partial charge on any atom is -0.461 e. The van der Waals surface area contributed by atoms with Crippen molar-refractivity contribution in [2.24, 2.45) is 0 Å². The van der Waals surface area contributed by atoms with Crippen LogP contribution in [-0.2, 0) is 6.42 Å². The molecule has 2 heterocycles. The number of para-hydroxylation sites is 1. The van der Waals surface area contributed by atoms with Gasteiger partial charge < -0.3 is 9.40 Å². The van der Waals surface area contributed by atoms with Crippen molar-refractivity contribution in [1.82, 2.24) is 9.97 Å². The SMILES string of the molecule is CCc1nc(-c2c(C)oc3ccccc23)[nH]c(=O)c1C. The normalized spacial score (nSPS) is 11.2. The Hall–Kier alpha value is -2.36. The number of benzene rings is 1. The second kappa shape index (κ2) is 4.63. The highest BCUT2D eigenvalue weighted by Gasteiger charge is 2.16. The third-order valence-electron chi connectivity index (χ3n) is 3.60. The van der Waals surface area contributed by atoms with Gasteiger partial charge in [0.15, 0.2) is 0 Å². The number of aromatic amines is 1. The number of nitrogens with one attached hydrogen (secondary N) is 1. The monoisotopic (exact) mass is 268 g/mol. The smallest absolute Gasteiger partial charge is 0.254 e. The van der Waals surface area contributed by atoms with Gasteiger partial charge in [0.25, 0.3) is 5.56 Å². The van der Waals surface area contributed by atoms with Gasteiger partial charge in [0, 0.05) is 10.9 Å². The summed E-state index contributed by atoms with van der Waals surface area (Å²) in [4.78, 5) is 19.5. The molecule has 0 aliphatic carbocycles. The average molecular weight is 268 g/mol. The third kappa shape index (κ3) is 1.84. The number of hydrogen-bond acceptors (Lipinski definition) is 3. The van der Waals surface area contributed by atoms with Crippen LogP contribution in [0.4, 0.5) is 0 Å². The van der Waals surface area contributed by atoms with Crippen molar-refractivity contribution >= 4 is 11.0 Å². The third-order valence-corrected chi connectivity index (χ3v) is 3.60. The Kier molecular flexibility index (Phi) is 2.93. The van der Waals surface area contributed by atoms with Gasteiger partial charge in [-0.3, -0.25) is 4.79 Å². The van der Waals surface area contributed by atoms with Crippen molar-refractivity contribution in [3.63, 3.8) is 0 Å². The van der Waals surface area contributed by atoms with Crippen molar-refractivity contribution in [3.05, 3.63) is 51.6 Å². The lowest BCUT2D eigenvalue weighted by molar-refractivity contribution is 0.579. The molecule has 4 heteroatoms. The van der Waals surface area contributed by atoms with Crippen LogP contribution in [0.15, 0.2) is 33.5 Å². The second-order valence-corrected chi connectivity index (χ2v) is 4.87. The van der Waals surface area contributed by atoms with E-state index >= 15 is 0 Å². The maximum absolute atomic E-state index is 12.0. The molecule has 1 aromatic carbocycles. The maximum atomic E-state index is 12.0. The fourth-order valence-electron chi connectivity index (χ4n) is 2.50. The minimum atomic E-state index is -0.0865. The van der Waals surface area contributed by atoms with Gasteiger partial charge in [0.05, 0.1) is 11.3 Å². The number of hydrogen-bond donors (Lipinski definition) is 1. The lowest BCUT2D eigenvalue weighted by atomic mass is 10.1. The molecule has 0 spiro atoms. The van der Waals surface area contributed by atoms with Crippen LogP contribution in [0.5, 0.6) is 0 Å². The van der Waals surface area contributed by atoms with Crippen molar-refractivity contribution < 1.29 is 4.42 Å². The summed E-state index contributed by atoms with van der Waals surface area (Å²) in [6, 6.07) is 7.77. The molecule has 1 N–H and O–H groups in total. The van der Waals surface area contributed by atoms with E-state index in [4.69, 9.17) is 4.42 Å². The first kappa shape index (κ1) is 12.7. The van der Waals surface area contributed by atoms with Crippen molar-refractivity contribution in [3.8, 4) is 11.4 Å². The zero-order valence-electron chi connectivity index (χ0n) is 11.8. The fourth-order valence-corrected chi connectivity index (χ4v) is 2.50. The molecule has 0 amide bonds. The molecule has 2 aromatic heterocycles. The minimum absolute atomic E-state index is 0.0865. The Labute approximate surface area is 116 Å². The van der Waals surface area contributed by atoms with E-state index in [1.165, 1.54) is 0 Å². The summed E-state index contributed by atoms with van der Waals surface area (Å²) in [5, 5.41) is 0.971. The van der Waals surface area contributed by atoms with Gasteiger partial charge in [-0.05, 0) is 26.3 Å². The quantitative estimate of drug-likeness (QED) is 0.775. The van der Waals surface area contributed by atoms with E-state index in [1.807, 2.05) is 38.1 Å². The van der Waals surface area contributed by atoms with E-state index in [-0.39, 0.29) is 5.56 Å². The number of fused-ring (bicyclic) bond motifs is 1. The molecule has 0 unspecified atom stereocenters. The largest absolute Gasteiger partial charge is 0.461 e. The van der Waals surface area contributed by atoms with E-state index in [1.54, 1.807) is 6.92 Å². The Morgan fingerprint density at radius 1 is 1.25 bits per heavy atom. The summed E-state index contributed by atoms with van der Waals surface area (Å²) >= 11 is 0. The van der Waals surface area contributed by atoms with Crippen LogP contribution in [0.2, 0.25) is 0 Å². The summed E-state index contributed by atoms with van der Waals surface area (Å²) in [7, 11) is 0. The lowest BCUT2D eigenvalue weighted by Gasteiger charge is -2.05. The number of nitrogens with zero attached hydrogens (tertiary/aromatic N) is 1. The number of rotatable bonds is 2. The molecule has 3 aromatic rings. The van der Waals surface area contributed by atoms with Gasteiger partial charge in [-0.1, -0.05) is 25.1 Å². The lowest BCUT2D eigenvalue weighted by Crippen LogP contribution is -2.15. The van der Waals surface area contributed by atoms with Gasteiger partial charge in [-0.2, -0.15) is 0 Å². The molecule has 3 rings (SSSR count). The number of aromatic nitrogens is 2. The van der Waals surface area contributed by atoms with Crippen LogP contribution in [0.1, 0.15) is 23.9 Å². The Morgan fingerprint density at radius 2 is 2.00 bits per heavy atom. The van der Waals surface area contributed by atoms with Gasteiger partial charge in [-0.15, -0.1) is 0 Å². The highest BCUT2D eigenvalue weighted by atomic mass is 16.3. The van der Waals surface area contributed by atoms with Crippen molar-refractivity contribution in [2.45, 2.75) is 27.2 Å². The molecule has 0 atom stereocenters. The summed E-state index contributed by atoms with van der Waals surface area (Å²) in [6.45, 7) is 5.69. The van der Waals surface area contributed by atoms with E-state index in [9.17, 15) is 4.79 Å². The molecule has 0 saturated heterocycles. The van der Waals surface area contributed by atoms with E-state index in [2.05, 4.69) is 9.97 Å². The number of aryl methyl sites for hydroxylation is 2. The highest BCUT2D eigenvalue weighted by Crippen LogP contribution is 2.32. The fraction of sp³-hybridized carbons (Fsp3) is 0.250. The zero-order chi connectivity index (χ0) is 14.3. The Balaban J connectivity index is 2.34. The molecule has 20 heavy (non-hydrogen) atoms. The van der Waals surface area contributed by atoms with Gasteiger partial charge >= 0.3 is 0 Å². The van der Waals surface area contributed by atoms with Gasteiger partial charge in [-0.25, -0.2) is 4.98 Å². The van der Waals surface area contributed by atoms with Gasteiger partial charge in [0.1, 0.15) is 17.2 Å². The van der Waals surface area contributed by atoms with E-state index in [0.717, 1.165) is 34.4 Å². The first-order valence-corrected chi connectivity index (χ1v) is 6.70. The molecule has 0 bridgehead atoms. The highest BCUT2D eigenvalue weighted by molar-refractivity contribution is 5.93. The first-order chi connectivity index (χ1) is 9.61. The predicted octanol–water partition coefficient (Wildman–Crippen LogP) is 3.36. The van der Waals surface area contributed by atoms with Crippen LogP contribution >= 0.6 is 0 Å². The molecule has 102 valence electrons. The topological polar surface area (TPSA) is 58.9 Å². The van der Waals surface area contributed by atoms with Crippen LogP contribution in [0.3, 0.4) is 0 Å². The van der Waals surface area contributed by atoms with Crippen LogP contribution < -0.4 is 5.56 Å². The Bertz CT molecular complexity index is 843. The predicted molar refractivity (Wildman–Crippen MR) is 78.9 cm³/mol. The summed E-state index contributed by atoms with van der Waals surface area (Å²) in [5.74, 6) is 1.35. The van der Waals surface area contributed by atoms with E-state index < -0.39 is 0 Å². The molecule has 0 fully saturated rings. The molecular weight excluding hydrogens is 252 g/mol. The molecule has 0 aliphatic heterocycles. The summed E-state index contributed by atoms with van der Waals surface area (Å²) in [6.07, 6.45) is 0.734. The number of H-pyrrole nitrogens is 1. The molecule has 4 nitrogen and oxygen atoms in total. The second-order valence-electron chi connectivity index (χ2n) is 4.87. The summed E-state index contributed by atoms with van der Waals surface area (Å²) in [5.41, 5.74) is 3.10. The average Bonchev–Trinajstić information content (AvgIpc) is 2.77. The molecule has 0 saturated carbocycles. The zero-order valence-corrected chi connectivity index (χ0v) is 11.8. The Morgan fingerprint density at radius 3 is 2.75 bits per heavy atom. The van der Waals surface area contributed by atoms with Crippen LogP contribution in [0, 0.1) is 13.8 Å². The van der Waals surface area contributed by atoms with Crippen LogP contribution in [0.25, 0.3) is 22.4 Å². The summed E-state index contributed by atoms with van der Waals surface area (Å²) < 4.78 is 5.74. The molecular formula is C16H16N2O2. The first-order valence-electron chi connectivity index (χ1n) is 6.70.